The number of rotatable bonds is 3. The second-order valence-corrected chi connectivity index (χ2v) is 5.58. The Hall–Kier alpha value is -0.570. The van der Waals surface area contributed by atoms with Gasteiger partial charge in [-0.25, -0.2) is 0 Å². The van der Waals surface area contributed by atoms with Crippen molar-refractivity contribution in [2.75, 3.05) is 19.6 Å². The van der Waals surface area contributed by atoms with Crippen molar-refractivity contribution in [1.29, 1.82) is 0 Å². The maximum Gasteiger partial charge on any atom is 0.237 e. The molecule has 1 aliphatic heterocycles. The SMILES string of the molecule is [13CH3]CNC(=O)C1CCC[15N]1[13CH2][13C]([13CH3])([13CH3])[13CH3]. The number of hydrogen-bond acceptors (Lipinski definition) is 2. The van der Waals surface area contributed by atoms with Crippen molar-refractivity contribution in [3.63, 3.8) is 0 Å². The van der Waals surface area contributed by atoms with Crippen molar-refractivity contribution < 1.29 is 4.79 Å². The van der Waals surface area contributed by atoms with Gasteiger partial charge in [-0.05, 0) is 31.7 Å². The van der Waals surface area contributed by atoms with E-state index >= 15 is 0 Å². The Morgan fingerprint density at radius 1 is 1.47 bits per heavy atom. The minimum Gasteiger partial charge on any atom is -0.355 e. The van der Waals surface area contributed by atoms with E-state index in [1.54, 1.807) is 0 Å². The van der Waals surface area contributed by atoms with Gasteiger partial charge in [-0.3, -0.25) is 9.69 Å². The van der Waals surface area contributed by atoms with Gasteiger partial charge in [0.2, 0.25) is 5.91 Å². The van der Waals surface area contributed by atoms with Crippen LogP contribution < -0.4 is 5.32 Å². The molecule has 3 nitrogen and oxygen atoms in total. The Morgan fingerprint density at radius 2 is 2.13 bits per heavy atom. The first-order valence-corrected chi connectivity index (χ1v) is 5.96. The molecule has 1 saturated heterocycles. The number of carbonyl (C=O) groups excluding carboxylic acids is 1. The fourth-order valence-corrected chi connectivity index (χ4v) is 2.21. The maximum absolute atomic E-state index is 11.8. The molecule has 15 heavy (non-hydrogen) atoms. The van der Waals surface area contributed by atoms with E-state index < -0.39 is 0 Å². The van der Waals surface area contributed by atoms with Gasteiger partial charge in [0.05, 0.1) is 6.04 Å². The molecule has 0 aromatic carbocycles. The minimum absolute atomic E-state index is 0.115. The highest BCUT2D eigenvalue weighted by molar-refractivity contribution is 5.81. The van der Waals surface area contributed by atoms with Crippen LogP contribution in [0.3, 0.4) is 0 Å². The van der Waals surface area contributed by atoms with Crippen LogP contribution in [0, 0.1) is 5.41 Å². The first kappa shape index (κ1) is 12.5. The Kier molecular flexibility index (Phi) is 4.14. The molecule has 0 bridgehead atoms. The van der Waals surface area contributed by atoms with Crippen molar-refractivity contribution in [1.82, 2.24) is 10.2 Å². The molecule has 0 radical (unpaired) electrons. The number of carbonyl (C=O) groups is 1. The van der Waals surface area contributed by atoms with Gasteiger partial charge in [0.25, 0.3) is 0 Å². The molecular formula is C12H24N2O. The standard InChI is InChI=1S/C12H24N2O/c1-5-13-11(15)10-7-6-8-14(10)9-12(2,3)4/h10H,5-9H2,1-4H3,(H,13,15)/i1+1,2+1,3+1,4+1,9+1,12+1,14+1. The summed E-state index contributed by atoms with van der Waals surface area (Å²) in [7, 11) is 0. The molecule has 88 valence electrons. The van der Waals surface area contributed by atoms with Crippen molar-refractivity contribution in [3.05, 3.63) is 0 Å². The first-order chi connectivity index (χ1) is 6.94. The summed E-state index contributed by atoms with van der Waals surface area (Å²) >= 11 is 0. The van der Waals surface area contributed by atoms with E-state index in [1.807, 2.05) is 6.92 Å². The predicted octanol–water partition coefficient (Wildman–Crippen LogP) is 1.63. The van der Waals surface area contributed by atoms with Crippen molar-refractivity contribution >= 4 is 5.91 Å². The lowest BCUT2D eigenvalue weighted by atomic mass is 10.2. The normalized spacial score (nSPS) is 23.1. The molecule has 3 heteroatoms. The van der Waals surface area contributed by atoms with Gasteiger partial charge in [0.1, 0.15) is 0 Å². The van der Waals surface area contributed by atoms with E-state index in [2.05, 4.69) is 31.0 Å². The zero-order valence-electron chi connectivity index (χ0n) is 10.5. The number of nitrogens with zero attached hydrogens (tertiary/aromatic N) is 1. The lowest BCUT2D eigenvalue weighted by Crippen LogP contribution is -2.45. The maximum atomic E-state index is 11.8. The molecule has 1 N–H and O–H groups in total. The van der Waals surface area contributed by atoms with E-state index in [0.717, 1.165) is 32.5 Å². The molecule has 1 atom stereocenters. The van der Waals surface area contributed by atoms with Crippen LogP contribution >= 0.6 is 0 Å². The highest BCUT2D eigenvalue weighted by Gasteiger charge is 2.32. The lowest BCUT2D eigenvalue weighted by Gasteiger charge is -2.30. The zero-order valence-corrected chi connectivity index (χ0v) is 10.5. The molecule has 0 aromatic rings. The van der Waals surface area contributed by atoms with Gasteiger partial charge in [0, 0.05) is 13.1 Å². The van der Waals surface area contributed by atoms with Crippen molar-refractivity contribution in [2.24, 2.45) is 5.41 Å². The molecule has 1 rings (SSSR count). The molecule has 1 fully saturated rings. The van der Waals surface area contributed by atoms with Crippen LogP contribution in [0.2, 0.25) is 0 Å². The molecule has 0 aromatic heterocycles. The zero-order chi connectivity index (χ0) is 11.5. The average Bonchev–Trinajstić information content (AvgIpc) is 2.49. The number of hydrogen-bond donors (Lipinski definition) is 1. The third-order valence-electron chi connectivity index (χ3n) is 2.69. The monoisotopic (exact) mass is 219 g/mol. The van der Waals surface area contributed by atoms with Gasteiger partial charge in [-0.15, -0.1) is 0 Å². The minimum atomic E-state index is 0.115. The van der Waals surface area contributed by atoms with E-state index in [4.69, 9.17) is 0 Å². The van der Waals surface area contributed by atoms with E-state index in [-0.39, 0.29) is 17.4 Å². The largest absolute Gasteiger partial charge is 0.355 e. The summed E-state index contributed by atoms with van der Waals surface area (Å²) in [6.45, 7) is 11.5. The molecule has 0 saturated carbocycles. The average molecular weight is 219 g/mol. The molecular weight excluding hydrogens is 195 g/mol. The van der Waals surface area contributed by atoms with Crippen LogP contribution in [0.25, 0.3) is 0 Å². The molecule has 1 heterocycles. The van der Waals surface area contributed by atoms with E-state index in [1.165, 1.54) is 0 Å². The topological polar surface area (TPSA) is 32.3 Å². The van der Waals surface area contributed by atoms with E-state index in [9.17, 15) is 4.79 Å². The van der Waals surface area contributed by atoms with Gasteiger partial charge in [0.15, 0.2) is 0 Å². The van der Waals surface area contributed by atoms with Crippen LogP contribution in [-0.4, -0.2) is 36.5 Å². The number of amides is 1. The fourth-order valence-electron chi connectivity index (χ4n) is 2.21. The third-order valence-corrected chi connectivity index (χ3v) is 2.69. The summed E-state index contributed by atoms with van der Waals surface area (Å²) < 4.78 is 0. The lowest BCUT2D eigenvalue weighted by molar-refractivity contribution is -0.125. The smallest absolute Gasteiger partial charge is 0.237 e. The van der Waals surface area contributed by atoms with Crippen LogP contribution in [0.5, 0.6) is 0 Å². The third kappa shape index (κ3) is 3.82. The quantitative estimate of drug-likeness (QED) is 0.578. The van der Waals surface area contributed by atoms with Gasteiger partial charge >= 0.3 is 0 Å². The molecule has 0 spiro atoms. The first-order valence-electron chi connectivity index (χ1n) is 5.96. The number of likely N-dealkylation sites (tertiary alicyclic amines) is 1. The second kappa shape index (κ2) is 4.97. The van der Waals surface area contributed by atoms with Gasteiger partial charge in [-0.1, -0.05) is 20.8 Å². The van der Waals surface area contributed by atoms with E-state index in [0.29, 0.717) is 0 Å². The summed E-state index contributed by atoms with van der Waals surface area (Å²) in [5, 5.41) is 2.92. The second-order valence-electron chi connectivity index (χ2n) is 5.58. The number of likely N-dealkylation sites (N-methyl/N-ethyl adjacent to an activating group) is 1. The Bertz CT molecular complexity index is 220. The highest BCUT2D eigenvalue weighted by atomic mass is 16.2. The van der Waals surface area contributed by atoms with Crippen LogP contribution in [0.1, 0.15) is 40.5 Å². The highest BCUT2D eigenvalue weighted by Crippen LogP contribution is 2.23. The Morgan fingerprint density at radius 3 is 2.67 bits per heavy atom. The van der Waals surface area contributed by atoms with Crippen molar-refractivity contribution in [2.45, 2.75) is 46.6 Å². The fraction of sp³-hybridized carbons (Fsp3) is 0.917. The Labute approximate surface area is 93.2 Å². The number of nitrogens with one attached hydrogen (secondary N) is 1. The molecule has 1 aliphatic rings. The molecule has 0 aliphatic carbocycles. The van der Waals surface area contributed by atoms with Gasteiger partial charge < -0.3 is 5.32 Å². The summed E-state index contributed by atoms with van der Waals surface area (Å²) in [5.74, 6) is 0.208. The molecule has 1 amide bonds. The summed E-state index contributed by atoms with van der Waals surface area (Å²) in [6.07, 6.45) is 2.17. The van der Waals surface area contributed by atoms with Crippen LogP contribution in [0.4, 0.5) is 0 Å². The van der Waals surface area contributed by atoms with Crippen molar-refractivity contribution in [3.8, 4) is 0 Å². The Balaban J connectivity index is 2.53. The van der Waals surface area contributed by atoms with Crippen LogP contribution in [0.15, 0.2) is 0 Å². The molecule has 1 unspecified atom stereocenters. The summed E-state index contributed by atoms with van der Waals surface area (Å²) in [5.41, 5.74) is 0.273. The summed E-state index contributed by atoms with van der Waals surface area (Å²) in [6, 6.07) is 0.115. The van der Waals surface area contributed by atoms with Gasteiger partial charge in [-0.2, -0.15) is 0 Å². The van der Waals surface area contributed by atoms with Crippen LogP contribution in [-0.2, 0) is 4.79 Å². The summed E-state index contributed by atoms with van der Waals surface area (Å²) in [4.78, 5) is 14.1. The predicted molar refractivity (Wildman–Crippen MR) is 62.7 cm³/mol.